The van der Waals surface area contributed by atoms with Gasteiger partial charge in [0.1, 0.15) is 0 Å². The number of carboxylic acids is 4. The molecule has 0 atom stereocenters. The number of hydrogen-bond acceptors (Lipinski definition) is 7. The molecule has 1 heterocycles. The maximum Gasteiger partial charge on any atom is 0.328 e. The number of rotatable bonds is 6. The Morgan fingerprint density at radius 3 is 1.07 bits per heavy atom. The van der Waals surface area contributed by atoms with Gasteiger partial charge in [-0.05, 0) is 27.7 Å². The Balaban J connectivity index is -0.000000357. The fourth-order valence-corrected chi connectivity index (χ4v) is 2.05. The van der Waals surface area contributed by atoms with E-state index < -0.39 is 23.9 Å². The molecule has 12 nitrogen and oxygen atoms in total. The quantitative estimate of drug-likeness (QED) is 0.337. The third-order valence-electron chi connectivity index (χ3n) is 3.10. The lowest BCUT2D eigenvalue weighted by Crippen LogP contribution is -2.44. The molecule has 0 aromatic carbocycles. The van der Waals surface area contributed by atoms with Crippen molar-refractivity contribution < 1.29 is 45.1 Å². The van der Waals surface area contributed by atoms with Gasteiger partial charge in [0.25, 0.3) is 0 Å². The second-order valence-corrected chi connectivity index (χ2v) is 6.21. The van der Waals surface area contributed by atoms with Crippen LogP contribution in [-0.2, 0) is 19.2 Å². The number of nitrogens with two attached hydrogens (primary N) is 1. The summed E-state index contributed by atoms with van der Waals surface area (Å²) in [5, 5.41) is 36.0. The van der Waals surface area contributed by atoms with Crippen LogP contribution in [0.3, 0.4) is 0 Å². The average molecular weight is 421 g/mol. The van der Waals surface area contributed by atoms with E-state index in [9.17, 15) is 19.2 Å². The Labute approximate surface area is 168 Å². The molecule has 1 aliphatic rings. The number of aliphatic carboxylic acids is 4. The number of hydrazine groups is 1. The summed E-state index contributed by atoms with van der Waals surface area (Å²) >= 11 is 0. The first kappa shape index (κ1) is 30.9. The Morgan fingerprint density at radius 2 is 0.931 bits per heavy atom. The molecule has 8 N–H and O–H groups in total. The van der Waals surface area contributed by atoms with Crippen LogP contribution in [0.1, 0.15) is 27.7 Å². The molecule has 0 aromatic heterocycles. The molecular formula is C17H31N3O9. The molecule has 0 bridgehead atoms. The van der Waals surface area contributed by atoms with Crippen LogP contribution in [0.2, 0.25) is 0 Å². The van der Waals surface area contributed by atoms with E-state index in [4.69, 9.17) is 26.2 Å². The van der Waals surface area contributed by atoms with Gasteiger partial charge in [-0.1, -0.05) is 0 Å². The van der Waals surface area contributed by atoms with Gasteiger partial charge in [0.2, 0.25) is 0 Å². The second kappa shape index (κ2) is 16.2. The molecule has 29 heavy (non-hydrogen) atoms. The van der Waals surface area contributed by atoms with Crippen molar-refractivity contribution in [1.29, 1.82) is 0 Å². The Kier molecular flexibility index (Phi) is 17.2. The van der Waals surface area contributed by atoms with Crippen LogP contribution in [0.5, 0.6) is 0 Å². The highest BCUT2D eigenvalue weighted by Crippen LogP contribution is 2.16. The van der Waals surface area contributed by atoms with Gasteiger partial charge >= 0.3 is 23.9 Å². The Morgan fingerprint density at radius 1 is 0.724 bits per heavy atom. The van der Waals surface area contributed by atoms with E-state index in [1.165, 1.54) is 0 Å². The summed E-state index contributed by atoms with van der Waals surface area (Å²) in [5.74, 6) is -5.03. The summed E-state index contributed by atoms with van der Waals surface area (Å²) in [6, 6.07) is 1.47. The van der Waals surface area contributed by atoms with Crippen molar-refractivity contribution >= 4 is 23.9 Å². The monoisotopic (exact) mass is 421 g/mol. The predicted octanol–water partition coefficient (Wildman–Crippen LogP) is -0.738. The highest BCUT2D eigenvalue weighted by atomic mass is 16.4. The van der Waals surface area contributed by atoms with E-state index in [0.29, 0.717) is 42.4 Å². The third-order valence-corrected chi connectivity index (χ3v) is 3.10. The van der Waals surface area contributed by atoms with Crippen molar-refractivity contribution in [2.75, 3.05) is 13.1 Å². The molecular weight excluding hydrogens is 390 g/mol. The number of hydrogen-bond donors (Lipinski definition) is 5. The first-order valence-electron chi connectivity index (χ1n) is 8.34. The van der Waals surface area contributed by atoms with Gasteiger partial charge in [-0.2, -0.15) is 0 Å². The molecule has 1 fully saturated rings. The molecule has 1 saturated heterocycles. The average Bonchev–Trinajstić information content (AvgIpc) is 2.95. The summed E-state index contributed by atoms with van der Waals surface area (Å²) in [6.45, 7) is 10.9. The number of carbonyl (C=O) groups is 4. The normalized spacial score (nSPS) is 14.9. The summed E-state index contributed by atoms with van der Waals surface area (Å²) in [5.41, 5.74) is 5.91. The van der Waals surface area contributed by atoms with Crippen LogP contribution in [-0.4, -0.2) is 91.0 Å². The van der Waals surface area contributed by atoms with E-state index in [1.54, 1.807) is 0 Å². The largest absolute Gasteiger partial charge is 0.478 e. The van der Waals surface area contributed by atoms with Gasteiger partial charge < -0.3 is 31.6 Å². The molecule has 1 aliphatic heterocycles. The highest BCUT2D eigenvalue weighted by Gasteiger charge is 2.30. The van der Waals surface area contributed by atoms with Crippen molar-refractivity contribution in [2.24, 2.45) is 5.73 Å². The summed E-state index contributed by atoms with van der Waals surface area (Å²) in [7, 11) is 0. The molecule has 1 rings (SSSR count). The minimum Gasteiger partial charge on any atom is -0.478 e. The van der Waals surface area contributed by atoms with E-state index in [2.05, 4.69) is 37.7 Å². The predicted molar refractivity (Wildman–Crippen MR) is 104 cm³/mol. The van der Waals surface area contributed by atoms with E-state index in [-0.39, 0.29) is 5.48 Å². The van der Waals surface area contributed by atoms with Crippen LogP contribution in [0.4, 0.5) is 0 Å². The first-order valence-corrected chi connectivity index (χ1v) is 8.34. The van der Waals surface area contributed by atoms with Crippen LogP contribution < -0.4 is 5.73 Å². The maximum absolute atomic E-state index is 9.55. The smallest absolute Gasteiger partial charge is 0.328 e. The molecule has 0 spiro atoms. The highest BCUT2D eigenvalue weighted by molar-refractivity contribution is 5.90. The zero-order chi connectivity index (χ0) is 22.4. The molecule has 0 unspecified atom stereocenters. The van der Waals surface area contributed by atoms with Crippen molar-refractivity contribution in [3.63, 3.8) is 0 Å². The van der Waals surface area contributed by atoms with Gasteiger partial charge in [0, 0.05) is 55.5 Å². The Bertz CT molecular complexity index is 507. The van der Waals surface area contributed by atoms with Crippen molar-refractivity contribution in [2.45, 2.75) is 45.8 Å². The van der Waals surface area contributed by atoms with E-state index >= 15 is 0 Å². The van der Waals surface area contributed by atoms with Crippen LogP contribution in [0.15, 0.2) is 24.3 Å². The fourth-order valence-electron chi connectivity index (χ4n) is 2.05. The SMILES string of the molecule is CC(C)N1CC(N)CN1C(C)C.O.O=C(O)/C=C/C(=O)O.O=C(O)/C=C/C(=O)O. The molecule has 0 aliphatic carbocycles. The van der Waals surface area contributed by atoms with E-state index in [1.807, 2.05) is 0 Å². The zero-order valence-corrected chi connectivity index (χ0v) is 16.8. The van der Waals surface area contributed by atoms with E-state index in [0.717, 1.165) is 13.1 Å². The topological polar surface area (TPSA) is 213 Å². The molecule has 0 saturated carbocycles. The Hall–Kier alpha value is -2.80. The first-order chi connectivity index (χ1) is 12.8. The van der Waals surface area contributed by atoms with Crippen LogP contribution in [0.25, 0.3) is 0 Å². The summed E-state index contributed by atoms with van der Waals surface area (Å²) in [6.07, 6.45) is 2.23. The number of nitrogens with zero attached hydrogens (tertiary/aromatic N) is 2. The lowest BCUT2D eigenvalue weighted by atomic mass is 10.3. The third kappa shape index (κ3) is 18.3. The van der Waals surface area contributed by atoms with Gasteiger partial charge in [-0.3, -0.25) is 0 Å². The van der Waals surface area contributed by atoms with Gasteiger partial charge in [-0.25, -0.2) is 29.2 Å². The fraction of sp³-hybridized carbons (Fsp3) is 0.529. The van der Waals surface area contributed by atoms with Gasteiger partial charge in [0.05, 0.1) is 0 Å². The molecule has 0 radical (unpaired) electrons. The zero-order valence-electron chi connectivity index (χ0n) is 16.8. The summed E-state index contributed by atoms with van der Waals surface area (Å²) in [4.78, 5) is 38.2. The maximum atomic E-state index is 9.55. The minimum absolute atomic E-state index is 0. The molecule has 12 heteroatoms. The second-order valence-electron chi connectivity index (χ2n) is 6.21. The molecule has 0 aromatic rings. The lowest BCUT2D eigenvalue weighted by Gasteiger charge is -2.33. The molecule has 0 amide bonds. The van der Waals surface area contributed by atoms with Crippen molar-refractivity contribution in [3.8, 4) is 0 Å². The van der Waals surface area contributed by atoms with Gasteiger partial charge in [0.15, 0.2) is 0 Å². The standard InChI is InChI=1S/C9H21N3.2C4H4O4.H2O/c1-7(2)11-5-9(10)6-12(11)8(3)4;2*5-3(6)1-2-4(7)8;/h7-9H,5-6,10H2,1-4H3;2*1-2H,(H,5,6)(H,7,8);1H2/b;2*2-1+;. The van der Waals surface area contributed by atoms with Crippen molar-refractivity contribution in [1.82, 2.24) is 10.0 Å². The molecule has 168 valence electrons. The summed E-state index contributed by atoms with van der Waals surface area (Å²) < 4.78 is 0. The van der Waals surface area contributed by atoms with Crippen LogP contribution >= 0.6 is 0 Å². The van der Waals surface area contributed by atoms with Gasteiger partial charge in [-0.15, -0.1) is 0 Å². The minimum atomic E-state index is -1.26. The van der Waals surface area contributed by atoms with Crippen molar-refractivity contribution in [3.05, 3.63) is 24.3 Å². The number of carboxylic acid groups (broad SMARTS) is 4. The van der Waals surface area contributed by atoms with Crippen LogP contribution in [0, 0.1) is 0 Å². The lowest BCUT2D eigenvalue weighted by molar-refractivity contribution is -0.134.